The monoisotopic (exact) mass is 491 g/mol. The van der Waals surface area contributed by atoms with Crippen molar-refractivity contribution in [3.05, 3.63) is 68.9 Å². The van der Waals surface area contributed by atoms with Crippen molar-refractivity contribution < 1.29 is 14.3 Å². The largest absolute Gasteiger partial charge is 0.497 e. The van der Waals surface area contributed by atoms with E-state index < -0.39 is 0 Å². The molecule has 7 nitrogen and oxygen atoms in total. The van der Waals surface area contributed by atoms with Crippen LogP contribution in [0.15, 0.2) is 58.6 Å². The van der Waals surface area contributed by atoms with Gasteiger partial charge in [0.2, 0.25) is 11.8 Å². The number of H-pyrrole nitrogens is 1. The second-order valence-corrected chi connectivity index (χ2v) is 11.7. The fraction of sp³-hybridized carbons (Fsp3) is 0.360. The summed E-state index contributed by atoms with van der Waals surface area (Å²) in [6.07, 6.45) is 4.50. The maximum absolute atomic E-state index is 13.7. The highest BCUT2D eigenvalue weighted by molar-refractivity contribution is 8.00. The standard InChI is InChI=1S/C25H21N3O4S2/c1-32-13-6-4-12(5-7-13)28-23(29)18-14-9-15(19(18)24(28)30)20-17(14)16(11-3-2-8-26-10-11)21-22(33-20)27-25(31)34-21/h2-8,10,14-20H,9H2,1H3,(H,27,31)/t14-,15+,16+,17+,18+,19+,20-/m1/s1. The number of thioether (sulfide) groups is 1. The molecule has 7 rings (SSSR count). The Kier molecular flexibility index (Phi) is 4.39. The van der Waals surface area contributed by atoms with Gasteiger partial charge in [0.25, 0.3) is 0 Å². The van der Waals surface area contributed by atoms with E-state index in [9.17, 15) is 14.4 Å². The average molecular weight is 492 g/mol. The second-order valence-electron chi connectivity index (χ2n) is 9.46. The van der Waals surface area contributed by atoms with Gasteiger partial charge in [0.1, 0.15) is 5.75 Å². The molecule has 1 N–H and O–H groups in total. The number of carbonyl (C=O) groups excluding carboxylic acids is 2. The number of methoxy groups -OCH3 is 1. The summed E-state index contributed by atoms with van der Waals surface area (Å²) in [5.41, 5.74) is 1.68. The van der Waals surface area contributed by atoms with Crippen molar-refractivity contribution in [2.75, 3.05) is 12.0 Å². The number of amides is 2. The quantitative estimate of drug-likeness (QED) is 0.564. The van der Waals surface area contributed by atoms with Gasteiger partial charge in [0.15, 0.2) is 0 Å². The first-order chi connectivity index (χ1) is 16.6. The van der Waals surface area contributed by atoms with E-state index in [0.717, 1.165) is 21.9 Å². The Bertz CT molecular complexity index is 1370. The SMILES string of the molecule is COc1ccc(N2C(=O)[C@H]3[C@@H]4C[C@@H]([C@@H]3C2=O)[C@H]2[C@H](c3cccnc3)c3sc(=O)[nH]c3S[C@H]42)cc1. The number of rotatable bonds is 3. The molecule has 3 fully saturated rings. The van der Waals surface area contributed by atoms with Crippen molar-refractivity contribution >= 4 is 40.6 Å². The van der Waals surface area contributed by atoms with Crippen molar-refractivity contribution in [2.24, 2.45) is 29.6 Å². The minimum absolute atomic E-state index is 0.00721. The molecule has 1 aromatic carbocycles. The zero-order chi connectivity index (χ0) is 23.1. The van der Waals surface area contributed by atoms with Crippen LogP contribution in [0.1, 0.15) is 22.8 Å². The first-order valence-electron chi connectivity index (χ1n) is 11.4. The number of hydrogen-bond donors (Lipinski definition) is 1. The van der Waals surface area contributed by atoms with E-state index in [0.29, 0.717) is 11.4 Å². The highest BCUT2D eigenvalue weighted by Crippen LogP contribution is 2.68. The molecule has 0 spiro atoms. The smallest absolute Gasteiger partial charge is 0.305 e. The maximum Gasteiger partial charge on any atom is 0.305 e. The van der Waals surface area contributed by atoms with E-state index >= 15 is 0 Å². The Morgan fingerprint density at radius 1 is 1.06 bits per heavy atom. The third-order valence-electron chi connectivity index (χ3n) is 8.10. The van der Waals surface area contributed by atoms with Gasteiger partial charge in [-0.25, -0.2) is 0 Å². The van der Waals surface area contributed by atoms with Crippen molar-refractivity contribution in [3.63, 3.8) is 0 Å². The lowest BCUT2D eigenvalue weighted by Crippen LogP contribution is -2.42. The number of imide groups is 1. The molecule has 4 heterocycles. The molecule has 3 aromatic rings. The molecule has 2 amide bonds. The van der Waals surface area contributed by atoms with Gasteiger partial charge in [-0.15, -0.1) is 11.8 Å². The third-order valence-corrected chi connectivity index (χ3v) is 10.7. The van der Waals surface area contributed by atoms with Gasteiger partial charge >= 0.3 is 4.87 Å². The van der Waals surface area contributed by atoms with Crippen LogP contribution >= 0.6 is 23.1 Å². The van der Waals surface area contributed by atoms with Crippen LogP contribution < -0.4 is 14.5 Å². The zero-order valence-electron chi connectivity index (χ0n) is 18.2. The average Bonchev–Trinajstić information content (AvgIpc) is 3.58. The summed E-state index contributed by atoms with van der Waals surface area (Å²) in [4.78, 5) is 49.4. The Hall–Kier alpha value is -2.91. The Labute approximate surface area is 203 Å². The zero-order valence-corrected chi connectivity index (χ0v) is 19.8. The Morgan fingerprint density at radius 3 is 2.53 bits per heavy atom. The predicted octanol–water partition coefficient (Wildman–Crippen LogP) is 3.52. The first-order valence-corrected chi connectivity index (χ1v) is 13.1. The number of benzene rings is 1. The number of hydrogen-bond acceptors (Lipinski definition) is 7. The molecule has 4 aliphatic rings. The highest BCUT2D eigenvalue weighted by Gasteiger charge is 2.69. The summed E-state index contributed by atoms with van der Waals surface area (Å²) in [5.74, 6) is 0.309. The Morgan fingerprint density at radius 2 is 1.82 bits per heavy atom. The number of nitrogens with one attached hydrogen (secondary N) is 1. The Balaban J connectivity index is 1.30. The summed E-state index contributed by atoms with van der Waals surface area (Å²) in [7, 11) is 1.59. The first kappa shape index (κ1) is 20.5. The molecule has 172 valence electrons. The van der Waals surface area contributed by atoms with Gasteiger partial charge in [0, 0.05) is 28.4 Å². The lowest BCUT2D eigenvalue weighted by atomic mass is 9.68. The third kappa shape index (κ3) is 2.65. The summed E-state index contributed by atoms with van der Waals surface area (Å²) < 4.78 is 5.23. The van der Waals surface area contributed by atoms with E-state index in [1.165, 1.54) is 16.2 Å². The number of thiazole rings is 1. The van der Waals surface area contributed by atoms with Gasteiger partial charge in [-0.05, 0) is 60.1 Å². The van der Waals surface area contributed by atoms with Crippen LogP contribution in [-0.4, -0.2) is 34.1 Å². The van der Waals surface area contributed by atoms with Crippen LogP contribution in [0.4, 0.5) is 5.69 Å². The minimum Gasteiger partial charge on any atom is -0.497 e. The van der Waals surface area contributed by atoms with Crippen LogP contribution in [0.5, 0.6) is 5.75 Å². The molecule has 0 unspecified atom stereocenters. The van der Waals surface area contributed by atoms with E-state index in [1.807, 2.05) is 12.3 Å². The molecule has 2 bridgehead atoms. The molecule has 2 aromatic heterocycles. The molecule has 0 radical (unpaired) electrons. The molecule has 34 heavy (non-hydrogen) atoms. The topological polar surface area (TPSA) is 92.4 Å². The predicted molar refractivity (Wildman–Crippen MR) is 128 cm³/mol. The molecule has 2 aliphatic heterocycles. The minimum atomic E-state index is -0.308. The molecule has 9 heteroatoms. The normalized spacial score (nSPS) is 33.1. The lowest BCUT2D eigenvalue weighted by molar-refractivity contribution is -0.123. The van der Waals surface area contributed by atoms with Gasteiger partial charge in [-0.1, -0.05) is 17.4 Å². The fourth-order valence-electron chi connectivity index (χ4n) is 6.94. The summed E-state index contributed by atoms with van der Waals surface area (Å²) >= 11 is 2.96. The molecular weight excluding hydrogens is 470 g/mol. The van der Waals surface area contributed by atoms with Crippen LogP contribution in [-0.2, 0) is 9.59 Å². The number of ether oxygens (including phenoxy) is 1. The van der Waals surface area contributed by atoms with Crippen molar-refractivity contribution in [1.82, 2.24) is 9.97 Å². The molecule has 7 atom stereocenters. The lowest BCUT2D eigenvalue weighted by Gasteiger charge is -2.42. The van der Waals surface area contributed by atoms with Crippen LogP contribution in [0.3, 0.4) is 0 Å². The van der Waals surface area contributed by atoms with E-state index in [4.69, 9.17) is 4.74 Å². The van der Waals surface area contributed by atoms with Crippen LogP contribution in [0.2, 0.25) is 0 Å². The molecule has 2 saturated carbocycles. The van der Waals surface area contributed by atoms with Crippen LogP contribution in [0, 0.1) is 29.6 Å². The van der Waals surface area contributed by atoms with E-state index in [-0.39, 0.29) is 57.4 Å². The molecular formula is C25H21N3O4S2. The number of aromatic nitrogens is 2. The van der Waals surface area contributed by atoms with Gasteiger partial charge in [-0.2, -0.15) is 0 Å². The summed E-state index contributed by atoms with van der Waals surface area (Å²) in [6, 6.07) is 11.1. The van der Waals surface area contributed by atoms with Gasteiger partial charge in [0.05, 0.1) is 29.7 Å². The highest BCUT2D eigenvalue weighted by atomic mass is 32.2. The molecule has 2 aliphatic carbocycles. The number of aromatic amines is 1. The summed E-state index contributed by atoms with van der Waals surface area (Å²) in [6.45, 7) is 0. The number of carbonyl (C=O) groups is 2. The van der Waals surface area contributed by atoms with E-state index in [1.54, 1.807) is 49.3 Å². The van der Waals surface area contributed by atoms with Gasteiger partial charge in [-0.3, -0.25) is 24.3 Å². The van der Waals surface area contributed by atoms with E-state index in [2.05, 4.69) is 16.0 Å². The van der Waals surface area contributed by atoms with Crippen molar-refractivity contribution in [1.29, 1.82) is 0 Å². The van der Waals surface area contributed by atoms with Gasteiger partial charge < -0.3 is 9.72 Å². The van der Waals surface area contributed by atoms with Crippen molar-refractivity contribution in [2.45, 2.75) is 22.6 Å². The number of pyridine rings is 1. The molecule has 1 saturated heterocycles. The number of fused-ring (bicyclic) bond motifs is 9. The van der Waals surface area contributed by atoms with Crippen LogP contribution in [0.25, 0.3) is 0 Å². The fourth-order valence-corrected chi connectivity index (χ4v) is 9.82. The number of anilines is 1. The summed E-state index contributed by atoms with van der Waals surface area (Å²) in [5, 5.41) is 1.10. The van der Waals surface area contributed by atoms with Crippen molar-refractivity contribution in [3.8, 4) is 5.75 Å². The second kappa shape index (κ2) is 7.29. The maximum atomic E-state index is 13.7. The number of nitrogens with zero attached hydrogens (tertiary/aromatic N) is 2.